The molecule has 0 aliphatic carbocycles. The van der Waals surface area contributed by atoms with E-state index in [1.165, 1.54) is 5.56 Å². The molecule has 2 rings (SSSR count). The van der Waals surface area contributed by atoms with Crippen molar-refractivity contribution >= 4 is 24.0 Å². The molecule has 0 saturated heterocycles. The fourth-order valence-electron chi connectivity index (χ4n) is 1.95. The second-order valence-corrected chi connectivity index (χ2v) is 5.44. The van der Waals surface area contributed by atoms with E-state index >= 15 is 0 Å². The summed E-state index contributed by atoms with van der Waals surface area (Å²) in [5.74, 6) is 0.933. The first-order valence-electron chi connectivity index (χ1n) is 7.63. The standard InChI is InChI=1S/C18H22N2OS/c22-15-5-4-13-21-14-12-16-8-10-18(11-9-16)20-19-17-6-2-1-3-7-17/h1-3,6-11,22H,4-5,12-15H2. The van der Waals surface area contributed by atoms with Crippen molar-refractivity contribution in [3.8, 4) is 0 Å². The van der Waals surface area contributed by atoms with Crippen LogP contribution in [0.2, 0.25) is 0 Å². The SMILES string of the molecule is SCCCCOCCc1ccc(N=Nc2ccccc2)cc1. The van der Waals surface area contributed by atoms with E-state index in [0.29, 0.717) is 0 Å². The first kappa shape index (κ1) is 16.7. The summed E-state index contributed by atoms with van der Waals surface area (Å²) < 4.78 is 5.60. The lowest BCUT2D eigenvalue weighted by molar-refractivity contribution is 0.134. The molecule has 0 bridgehead atoms. The quantitative estimate of drug-likeness (QED) is 0.377. The van der Waals surface area contributed by atoms with E-state index in [9.17, 15) is 0 Å². The van der Waals surface area contributed by atoms with Gasteiger partial charge in [0.2, 0.25) is 0 Å². The molecule has 2 aromatic rings. The van der Waals surface area contributed by atoms with E-state index in [2.05, 4.69) is 35.0 Å². The van der Waals surface area contributed by atoms with Crippen LogP contribution in [0, 0.1) is 0 Å². The Bertz CT molecular complexity index is 555. The minimum Gasteiger partial charge on any atom is -0.381 e. The van der Waals surface area contributed by atoms with Crippen LogP contribution in [-0.2, 0) is 11.2 Å². The molecular formula is C18H22N2OS. The van der Waals surface area contributed by atoms with Crippen LogP contribution in [-0.4, -0.2) is 19.0 Å². The third kappa shape index (κ3) is 6.41. The first-order valence-corrected chi connectivity index (χ1v) is 8.26. The minimum atomic E-state index is 0.761. The molecule has 4 heteroatoms. The lowest BCUT2D eigenvalue weighted by Gasteiger charge is -2.04. The summed E-state index contributed by atoms with van der Waals surface area (Å²) in [5.41, 5.74) is 2.98. The highest BCUT2D eigenvalue weighted by atomic mass is 32.1. The number of azo groups is 1. The molecule has 3 nitrogen and oxygen atoms in total. The zero-order valence-corrected chi connectivity index (χ0v) is 13.6. The number of hydrogen-bond acceptors (Lipinski definition) is 4. The van der Waals surface area contributed by atoms with Crippen molar-refractivity contribution in [3.05, 3.63) is 60.2 Å². The van der Waals surface area contributed by atoms with Gasteiger partial charge in [0.05, 0.1) is 18.0 Å². The van der Waals surface area contributed by atoms with Gasteiger partial charge in [-0.05, 0) is 54.8 Å². The van der Waals surface area contributed by atoms with Gasteiger partial charge in [0.1, 0.15) is 0 Å². The maximum Gasteiger partial charge on any atom is 0.0857 e. The third-order valence-electron chi connectivity index (χ3n) is 3.21. The van der Waals surface area contributed by atoms with Crippen LogP contribution in [0.5, 0.6) is 0 Å². The average molecular weight is 314 g/mol. The molecule has 0 amide bonds. The second-order valence-electron chi connectivity index (χ2n) is 5.00. The van der Waals surface area contributed by atoms with Crippen LogP contribution in [0.3, 0.4) is 0 Å². The maximum absolute atomic E-state index is 5.60. The largest absolute Gasteiger partial charge is 0.381 e. The fraction of sp³-hybridized carbons (Fsp3) is 0.333. The maximum atomic E-state index is 5.60. The smallest absolute Gasteiger partial charge is 0.0857 e. The monoisotopic (exact) mass is 314 g/mol. The molecule has 0 unspecified atom stereocenters. The molecule has 0 aliphatic heterocycles. The normalized spacial score (nSPS) is 11.1. The molecule has 0 atom stereocenters. The van der Waals surface area contributed by atoms with Crippen molar-refractivity contribution in [2.75, 3.05) is 19.0 Å². The molecule has 0 saturated carbocycles. The Balaban J connectivity index is 1.74. The highest BCUT2D eigenvalue weighted by molar-refractivity contribution is 7.80. The molecule has 0 heterocycles. The average Bonchev–Trinajstić information content (AvgIpc) is 2.58. The number of benzene rings is 2. The van der Waals surface area contributed by atoms with E-state index in [4.69, 9.17) is 4.74 Å². The molecule has 0 spiro atoms. The van der Waals surface area contributed by atoms with Gasteiger partial charge in [0.25, 0.3) is 0 Å². The molecular weight excluding hydrogens is 292 g/mol. The Kier molecular flexibility index (Phi) is 7.70. The Morgan fingerprint density at radius 2 is 1.45 bits per heavy atom. The fourth-order valence-corrected chi connectivity index (χ4v) is 2.17. The number of nitrogens with zero attached hydrogens (tertiary/aromatic N) is 2. The summed E-state index contributed by atoms with van der Waals surface area (Å²) in [6, 6.07) is 17.9. The Labute approximate surface area is 137 Å². The summed E-state index contributed by atoms with van der Waals surface area (Å²) in [6.45, 7) is 1.58. The summed E-state index contributed by atoms with van der Waals surface area (Å²) in [6.07, 6.45) is 3.13. The highest BCUT2D eigenvalue weighted by Gasteiger charge is 1.95. The van der Waals surface area contributed by atoms with Crippen molar-refractivity contribution < 1.29 is 4.74 Å². The van der Waals surface area contributed by atoms with E-state index in [1.54, 1.807) is 0 Å². The Morgan fingerprint density at radius 3 is 2.14 bits per heavy atom. The van der Waals surface area contributed by atoms with Crippen LogP contribution in [0.4, 0.5) is 11.4 Å². The van der Waals surface area contributed by atoms with Gasteiger partial charge >= 0.3 is 0 Å². The molecule has 0 radical (unpaired) electrons. The number of hydrogen-bond donors (Lipinski definition) is 1. The van der Waals surface area contributed by atoms with Crippen molar-refractivity contribution in [1.82, 2.24) is 0 Å². The number of unbranched alkanes of at least 4 members (excludes halogenated alkanes) is 1. The van der Waals surface area contributed by atoms with E-state index in [1.807, 2.05) is 42.5 Å². The summed E-state index contributed by atoms with van der Waals surface area (Å²) in [5, 5.41) is 8.44. The zero-order chi connectivity index (χ0) is 15.5. The predicted molar refractivity (Wildman–Crippen MR) is 94.7 cm³/mol. The van der Waals surface area contributed by atoms with Crippen molar-refractivity contribution in [2.45, 2.75) is 19.3 Å². The van der Waals surface area contributed by atoms with E-state index in [0.717, 1.165) is 49.6 Å². The van der Waals surface area contributed by atoms with Crippen LogP contribution >= 0.6 is 12.6 Å². The number of ether oxygens (including phenoxy) is 1. The summed E-state index contributed by atoms with van der Waals surface area (Å²) >= 11 is 4.18. The van der Waals surface area contributed by atoms with Crippen LogP contribution in [0.1, 0.15) is 18.4 Å². The molecule has 2 aromatic carbocycles. The van der Waals surface area contributed by atoms with Gasteiger partial charge in [-0.3, -0.25) is 0 Å². The summed E-state index contributed by atoms with van der Waals surface area (Å²) in [4.78, 5) is 0. The molecule has 0 fully saturated rings. The molecule has 0 N–H and O–H groups in total. The van der Waals surface area contributed by atoms with Gasteiger partial charge in [-0.1, -0.05) is 30.3 Å². The van der Waals surface area contributed by atoms with Gasteiger partial charge in [-0.25, -0.2) is 0 Å². The van der Waals surface area contributed by atoms with Crippen molar-refractivity contribution in [3.63, 3.8) is 0 Å². The van der Waals surface area contributed by atoms with Gasteiger partial charge < -0.3 is 4.74 Å². The van der Waals surface area contributed by atoms with E-state index in [-0.39, 0.29) is 0 Å². The second kappa shape index (κ2) is 10.1. The van der Waals surface area contributed by atoms with Crippen LogP contribution in [0.15, 0.2) is 64.8 Å². The van der Waals surface area contributed by atoms with Crippen molar-refractivity contribution in [1.29, 1.82) is 0 Å². The molecule has 0 aliphatic rings. The molecule has 22 heavy (non-hydrogen) atoms. The predicted octanol–water partition coefficient (Wildman–Crippen LogP) is 5.37. The van der Waals surface area contributed by atoms with Crippen LogP contribution in [0.25, 0.3) is 0 Å². The third-order valence-corrected chi connectivity index (χ3v) is 3.52. The van der Waals surface area contributed by atoms with Gasteiger partial charge in [0.15, 0.2) is 0 Å². The molecule has 0 aromatic heterocycles. The van der Waals surface area contributed by atoms with Crippen LogP contribution < -0.4 is 0 Å². The topological polar surface area (TPSA) is 34.0 Å². The van der Waals surface area contributed by atoms with Crippen molar-refractivity contribution in [2.24, 2.45) is 10.2 Å². The summed E-state index contributed by atoms with van der Waals surface area (Å²) in [7, 11) is 0. The van der Waals surface area contributed by atoms with Gasteiger partial charge in [-0.2, -0.15) is 22.9 Å². The zero-order valence-electron chi connectivity index (χ0n) is 12.7. The number of thiol groups is 1. The first-order chi connectivity index (χ1) is 10.9. The Hall–Kier alpha value is -1.65. The lowest BCUT2D eigenvalue weighted by Crippen LogP contribution is -2.00. The minimum absolute atomic E-state index is 0.761. The van der Waals surface area contributed by atoms with Gasteiger partial charge in [0, 0.05) is 6.61 Å². The lowest BCUT2D eigenvalue weighted by atomic mass is 10.1. The van der Waals surface area contributed by atoms with E-state index < -0.39 is 0 Å². The number of rotatable bonds is 9. The van der Waals surface area contributed by atoms with Gasteiger partial charge in [-0.15, -0.1) is 0 Å². The Morgan fingerprint density at radius 1 is 0.773 bits per heavy atom. The molecule has 116 valence electrons. The highest BCUT2D eigenvalue weighted by Crippen LogP contribution is 2.18.